The van der Waals surface area contributed by atoms with Gasteiger partial charge in [0.15, 0.2) is 0 Å². The Kier molecular flexibility index (Phi) is 3.95. The first-order chi connectivity index (χ1) is 7.43. The van der Waals surface area contributed by atoms with Gasteiger partial charge in [-0.2, -0.15) is 0 Å². The van der Waals surface area contributed by atoms with Gasteiger partial charge in [0.05, 0.1) is 11.8 Å². The first kappa shape index (κ1) is 12.6. The SMILES string of the molecule is CC(C)N(CC(=O)O)C(=O)c1ccoc1Cl. The largest absolute Gasteiger partial charge is 0.480 e. The van der Waals surface area contributed by atoms with Gasteiger partial charge in [-0.25, -0.2) is 0 Å². The zero-order valence-electron chi connectivity index (χ0n) is 8.94. The maximum Gasteiger partial charge on any atom is 0.323 e. The second kappa shape index (κ2) is 5.03. The number of amides is 1. The molecule has 88 valence electrons. The Labute approximate surface area is 97.6 Å². The minimum atomic E-state index is -1.07. The van der Waals surface area contributed by atoms with Crippen molar-refractivity contribution in [3.05, 3.63) is 23.1 Å². The van der Waals surface area contributed by atoms with Gasteiger partial charge in [-0.15, -0.1) is 0 Å². The number of rotatable bonds is 4. The average Bonchev–Trinajstić information content (AvgIpc) is 2.59. The lowest BCUT2D eigenvalue weighted by Crippen LogP contribution is -2.40. The molecule has 0 aromatic carbocycles. The average molecular weight is 246 g/mol. The molecule has 0 aliphatic heterocycles. The lowest BCUT2D eigenvalue weighted by atomic mass is 10.2. The van der Waals surface area contributed by atoms with Gasteiger partial charge >= 0.3 is 5.97 Å². The molecule has 0 fully saturated rings. The molecule has 1 heterocycles. The molecule has 0 unspecified atom stereocenters. The molecule has 6 heteroatoms. The van der Waals surface area contributed by atoms with E-state index in [0.717, 1.165) is 0 Å². The number of nitrogens with zero attached hydrogens (tertiary/aromatic N) is 1. The summed E-state index contributed by atoms with van der Waals surface area (Å²) in [5.41, 5.74) is 0.177. The van der Waals surface area contributed by atoms with Crippen molar-refractivity contribution in [2.75, 3.05) is 6.54 Å². The fourth-order valence-electron chi connectivity index (χ4n) is 1.24. The lowest BCUT2D eigenvalue weighted by Gasteiger charge is -2.24. The molecule has 1 rings (SSSR count). The third kappa shape index (κ3) is 2.76. The summed E-state index contributed by atoms with van der Waals surface area (Å²) in [5.74, 6) is -1.52. The minimum Gasteiger partial charge on any atom is -0.480 e. The van der Waals surface area contributed by atoms with Gasteiger partial charge < -0.3 is 14.4 Å². The van der Waals surface area contributed by atoms with Gasteiger partial charge in [0.25, 0.3) is 5.91 Å². The molecule has 1 N–H and O–H groups in total. The molecule has 0 bridgehead atoms. The minimum absolute atomic E-state index is 0.0268. The summed E-state index contributed by atoms with van der Waals surface area (Å²) in [7, 11) is 0. The van der Waals surface area contributed by atoms with E-state index in [1.165, 1.54) is 17.2 Å². The van der Waals surface area contributed by atoms with Crippen LogP contribution in [0.25, 0.3) is 0 Å². The Bertz CT molecular complexity index is 399. The fourth-order valence-corrected chi connectivity index (χ4v) is 1.43. The van der Waals surface area contributed by atoms with Crippen LogP contribution in [0.15, 0.2) is 16.7 Å². The molecule has 0 saturated heterocycles. The molecular weight excluding hydrogens is 234 g/mol. The van der Waals surface area contributed by atoms with Crippen molar-refractivity contribution in [3.8, 4) is 0 Å². The van der Waals surface area contributed by atoms with E-state index in [4.69, 9.17) is 21.1 Å². The van der Waals surface area contributed by atoms with Crippen LogP contribution in [0.4, 0.5) is 0 Å². The zero-order chi connectivity index (χ0) is 12.3. The van der Waals surface area contributed by atoms with Gasteiger partial charge in [-0.05, 0) is 31.5 Å². The zero-order valence-corrected chi connectivity index (χ0v) is 9.69. The van der Waals surface area contributed by atoms with Gasteiger partial charge in [0, 0.05) is 6.04 Å². The molecule has 0 saturated carbocycles. The Hall–Kier alpha value is -1.49. The predicted molar refractivity (Wildman–Crippen MR) is 57.5 cm³/mol. The standard InChI is InChI=1S/C10H12ClNO4/c1-6(2)12(5-8(13)14)10(15)7-3-4-16-9(7)11/h3-4,6H,5H2,1-2H3,(H,13,14). The van der Waals surface area contributed by atoms with E-state index in [-0.39, 0.29) is 23.4 Å². The van der Waals surface area contributed by atoms with Crippen molar-refractivity contribution in [1.29, 1.82) is 0 Å². The molecule has 1 amide bonds. The first-order valence-electron chi connectivity index (χ1n) is 4.69. The second-order valence-electron chi connectivity index (χ2n) is 3.53. The van der Waals surface area contributed by atoms with Crippen molar-refractivity contribution in [2.24, 2.45) is 0 Å². The van der Waals surface area contributed by atoms with Gasteiger partial charge in [0.1, 0.15) is 6.54 Å². The van der Waals surface area contributed by atoms with Crippen molar-refractivity contribution in [1.82, 2.24) is 4.90 Å². The summed E-state index contributed by atoms with van der Waals surface area (Å²) in [6, 6.07) is 1.19. The molecule has 1 aromatic heterocycles. The quantitative estimate of drug-likeness (QED) is 0.879. The van der Waals surface area contributed by atoms with Crippen LogP contribution in [0.3, 0.4) is 0 Å². The summed E-state index contributed by atoms with van der Waals surface area (Å²) in [4.78, 5) is 23.8. The van der Waals surface area contributed by atoms with Crippen LogP contribution in [-0.4, -0.2) is 34.5 Å². The van der Waals surface area contributed by atoms with E-state index < -0.39 is 11.9 Å². The molecule has 5 nitrogen and oxygen atoms in total. The van der Waals surface area contributed by atoms with Gasteiger partial charge in [0.2, 0.25) is 5.22 Å². The van der Waals surface area contributed by atoms with Crippen LogP contribution in [0.1, 0.15) is 24.2 Å². The number of hydrogen-bond acceptors (Lipinski definition) is 3. The van der Waals surface area contributed by atoms with E-state index in [1.54, 1.807) is 13.8 Å². The summed E-state index contributed by atoms with van der Waals surface area (Å²) in [6.45, 7) is 3.10. The number of carbonyl (C=O) groups excluding carboxylic acids is 1. The molecule has 0 atom stereocenters. The maximum atomic E-state index is 11.9. The van der Waals surface area contributed by atoms with Crippen LogP contribution < -0.4 is 0 Å². The number of carboxylic acids is 1. The molecular formula is C10H12ClNO4. The Morgan fingerprint density at radius 1 is 1.56 bits per heavy atom. The second-order valence-corrected chi connectivity index (χ2v) is 3.87. The summed E-state index contributed by atoms with van der Waals surface area (Å²) < 4.78 is 4.79. The Morgan fingerprint density at radius 2 is 2.19 bits per heavy atom. The monoisotopic (exact) mass is 245 g/mol. The van der Waals surface area contributed by atoms with E-state index in [2.05, 4.69) is 0 Å². The topological polar surface area (TPSA) is 70.8 Å². The number of carboxylic acid groups (broad SMARTS) is 1. The van der Waals surface area contributed by atoms with E-state index in [1.807, 2.05) is 0 Å². The van der Waals surface area contributed by atoms with Crippen molar-refractivity contribution < 1.29 is 19.1 Å². The first-order valence-corrected chi connectivity index (χ1v) is 5.07. The number of hydrogen-bond donors (Lipinski definition) is 1. The predicted octanol–water partition coefficient (Wildman–Crippen LogP) is 1.87. The molecule has 0 aliphatic carbocycles. The van der Waals surface area contributed by atoms with Crippen LogP contribution in [0, 0.1) is 0 Å². The van der Waals surface area contributed by atoms with E-state index >= 15 is 0 Å². The number of aliphatic carboxylic acids is 1. The summed E-state index contributed by atoms with van der Waals surface area (Å²) >= 11 is 5.66. The summed E-state index contributed by atoms with van der Waals surface area (Å²) in [6.07, 6.45) is 1.29. The smallest absolute Gasteiger partial charge is 0.323 e. The highest BCUT2D eigenvalue weighted by molar-refractivity contribution is 6.32. The Morgan fingerprint density at radius 3 is 2.56 bits per heavy atom. The van der Waals surface area contributed by atoms with E-state index in [9.17, 15) is 9.59 Å². The third-order valence-corrected chi connectivity index (χ3v) is 2.33. The number of halogens is 1. The van der Waals surface area contributed by atoms with E-state index in [0.29, 0.717) is 0 Å². The highest BCUT2D eigenvalue weighted by atomic mass is 35.5. The van der Waals surface area contributed by atoms with Gasteiger partial charge in [-0.3, -0.25) is 9.59 Å². The summed E-state index contributed by atoms with van der Waals surface area (Å²) in [5, 5.41) is 8.67. The third-order valence-electron chi connectivity index (χ3n) is 2.04. The molecule has 0 spiro atoms. The molecule has 0 aliphatic rings. The van der Waals surface area contributed by atoms with Crippen LogP contribution in [0.2, 0.25) is 5.22 Å². The highest BCUT2D eigenvalue weighted by Crippen LogP contribution is 2.19. The Balaban J connectivity index is 2.92. The normalized spacial score (nSPS) is 10.5. The van der Waals surface area contributed by atoms with Crippen LogP contribution in [0.5, 0.6) is 0 Å². The highest BCUT2D eigenvalue weighted by Gasteiger charge is 2.24. The van der Waals surface area contributed by atoms with Crippen LogP contribution in [-0.2, 0) is 4.79 Å². The number of furan rings is 1. The molecule has 1 aromatic rings. The van der Waals surface area contributed by atoms with Crippen molar-refractivity contribution in [2.45, 2.75) is 19.9 Å². The molecule has 0 radical (unpaired) electrons. The lowest BCUT2D eigenvalue weighted by molar-refractivity contribution is -0.138. The van der Waals surface area contributed by atoms with Crippen molar-refractivity contribution in [3.63, 3.8) is 0 Å². The maximum absolute atomic E-state index is 11.9. The van der Waals surface area contributed by atoms with Crippen molar-refractivity contribution >= 4 is 23.5 Å². The van der Waals surface area contributed by atoms with Crippen LogP contribution >= 0.6 is 11.6 Å². The van der Waals surface area contributed by atoms with Gasteiger partial charge in [-0.1, -0.05) is 0 Å². The fraction of sp³-hybridized carbons (Fsp3) is 0.400. The molecule has 16 heavy (non-hydrogen) atoms. The number of carbonyl (C=O) groups is 2.